The molecule has 0 bridgehead atoms. The highest BCUT2D eigenvalue weighted by Crippen LogP contribution is 2.45. The number of methoxy groups -OCH3 is 1. The first-order valence-electron chi connectivity index (χ1n) is 11.4. The van der Waals surface area contributed by atoms with Crippen LogP contribution in [0.5, 0.6) is 0 Å². The van der Waals surface area contributed by atoms with Gasteiger partial charge < -0.3 is 15.0 Å². The van der Waals surface area contributed by atoms with E-state index in [1.807, 2.05) is 24.3 Å². The maximum Gasteiger partial charge on any atom is 0.409 e. The number of nitrogens with zero attached hydrogens (tertiary/aromatic N) is 2. The SMILES string of the molecule is COC(=O)N1CCc2c(sc(NC(=O)CCS(=O)(=O)c3ccc(Cl)cc3)c2-c2nc3ccccc3s2)C1. The molecule has 1 aliphatic heterocycles. The highest BCUT2D eigenvalue weighted by Gasteiger charge is 2.30. The lowest BCUT2D eigenvalue weighted by atomic mass is 10.0. The van der Waals surface area contributed by atoms with E-state index in [1.165, 1.54) is 54.0 Å². The number of para-hydroxylation sites is 1. The van der Waals surface area contributed by atoms with Gasteiger partial charge >= 0.3 is 6.09 Å². The Kier molecular flexibility index (Phi) is 7.21. The Morgan fingerprint density at radius 3 is 2.62 bits per heavy atom. The number of nitrogens with one attached hydrogen (secondary N) is 1. The minimum absolute atomic E-state index is 0.120. The van der Waals surface area contributed by atoms with Crippen molar-refractivity contribution in [2.24, 2.45) is 0 Å². The molecule has 0 atom stereocenters. The van der Waals surface area contributed by atoms with E-state index in [4.69, 9.17) is 21.3 Å². The van der Waals surface area contributed by atoms with Crippen molar-refractivity contribution < 1.29 is 22.7 Å². The summed E-state index contributed by atoms with van der Waals surface area (Å²) in [6.07, 6.45) is -0.0211. The number of ether oxygens (including phenoxy) is 1. The summed E-state index contributed by atoms with van der Waals surface area (Å²) in [5.74, 6) is -0.749. The summed E-state index contributed by atoms with van der Waals surface area (Å²) in [5.41, 5.74) is 2.73. The monoisotopic (exact) mass is 575 g/mol. The molecule has 2 amide bonds. The van der Waals surface area contributed by atoms with Gasteiger partial charge in [-0.2, -0.15) is 0 Å². The van der Waals surface area contributed by atoms with Crippen LogP contribution >= 0.6 is 34.3 Å². The third-order valence-electron chi connectivity index (χ3n) is 6.02. The Labute approximate surface area is 226 Å². The number of benzene rings is 2. The number of rotatable bonds is 6. The molecule has 0 saturated carbocycles. The predicted molar refractivity (Wildman–Crippen MR) is 146 cm³/mol. The quantitative estimate of drug-likeness (QED) is 0.320. The molecule has 3 heterocycles. The van der Waals surface area contributed by atoms with Crippen molar-refractivity contribution in [1.29, 1.82) is 0 Å². The normalized spacial score (nSPS) is 13.4. The molecule has 0 unspecified atom stereocenters. The van der Waals surface area contributed by atoms with Crippen LogP contribution in [0.1, 0.15) is 16.9 Å². The van der Waals surface area contributed by atoms with Crippen molar-refractivity contribution >= 4 is 71.3 Å². The molecular weight excluding hydrogens is 554 g/mol. The Bertz CT molecular complexity index is 1560. The highest BCUT2D eigenvalue weighted by molar-refractivity contribution is 7.91. The van der Waals surface area contributed by atoms with Crippen molar-refractivity contribution in [1.82, 2.24) is 9.88 Å². The first-order chi connectivity index (χ1) is 17.7. The summed E-state index contributed by atoms with van der Waals surface area (Å²) in [6, 6.07) is 13.7. The molecule has 2 aromatic carbocycles. The number of thiazole rings is 1. The van der Waals surface area contributed by atoms with Gasteiger partial charge in [-0.15, -0.1) is 22.7 Å². The number of hydrogen-bond donors (Lipinski definition) is 1. The molecule has 12 heteroatoms. The van der Waals surface area contributed by atoms with Crippen molar-refractivity contribution in [2.45, 2.75) is 24.3 Å². The van der Waals surface area contributed by atoms with Gasteiger partial charge in [0.25, 0.3) is 0 Å². The van der Waals surface area contributed by atoms with E-state index >= 15 is 0 Å². The van der Waals surface area contributed by atoms with Gasteiger partial charge in [0.05, 0.1) is 34.5 Å². The second-order valence-corrected chi connectivity index (χ2v) is 13.1. The molecular formula is C25H22ClN3O5S3. The topological polar surface area (TPSA) is 106 Å². The number of carbonyl (C=O) groups is 2. The lowest BCUT2D eigenvalue weighted by Gasteiger charge is -2.25. The van der Waals surface area contributed by atoms with Crippen LogP contribution in [0.3, 0.4) is 0 Å². The van der Waals surface area contributed by atoms with Gasteiger partial charge in [-0.1, -0.05) is 23.7 Å². The van der Waals surface area contributed by atoms with Gasteiger partial charge in [0.1, 0.15) is 10.0 Å². The van der Waals surface area contributed by atoms with Gasteiger partial charge in [-0.25, -0.2) is 18.2 Å². The molecule has 37 heavy (non-hydrogen) atoms. The Morgan fingerprint density at radius 1 is 1.14 bits per heavy atom. The standard InChI is InChI=1S/C25H22ClN3O5S3/c1-34-25(31)29-12-10-17-20(14-29)36-24(22(17)23-27-18-4-2-3-5-19(18)35-23)28-21(30)11-13-37(32,33)16-8-6-15(26)7-9-16/h2-9H,10-14H2,1H3,(H,28,30). The van der Waals surface area contributed by atoms with Gasteiger partial charge in [0, 0.05) is 28.4 Å². The molecule has 192 valence electrons. The zero-order valence-electron chi connectivity index (χ0n) is 19.7. The van der Waals surface area contributed by atoms with Gasteiger partial charge in [-0.05, 0) is 48.4 Å². The van der Waals surface area contributed by atoms with E-state index < -0.39 is 21.8 Å². The van der Waals surface area contributed by atoms with Gasteiger partial charge in [-0.3, -0.25) is 4.79 Å². The van der Waals surface area contributed by atoms with Crippen LogP contribution in [0.2, 0.25) is 5.02 Å². The van der Waals surface area contributed by atoms with E-state index in [2.05, 4.69) is 5.32 Å². The Hall–Kier alpha value is -2.99. The Balaban J connectivity index is 1.42. The summed E-state index contributed by atoms with van der Waals surface area (Å²) >= 11 is 8.77. The second kappa shape index (κ2) is 10.4. The van der Waals surface area contributed by atoms with Crippen LogP contribution < -0.4 is 5.32 Å². The molecule has 5 rings (SSSR count). The van der Waals surface area contributed by atoms with Crippen LogP contribution in [0, 0.1) is 0 Å². The first kappa shape index (κ1) is 25.7. The summed E-state index contributed by atoms with van der Waals surface area (Å²) in [5, 5.41) is 4.74. The third kappa shape index (κ3) is 5.35. The van der Waals surface area contributed by atoms with E-state index in [0.29, 0.717) is 29.5 Å². The first-order valence-corrected chi connectivity index (χ1v) is 15.0. The number of carbonyl (C=O) groups excluding carboxylic acids is 2. The largest absolute Gasteiger partial charge is 0.453 e. The number of aromatic nitrogens is 1. The number of halogens is 1. The number of sulfone groups is 1. The van der Waals surface area contributed by atoms with Crippen molar-refractivity contribution in [2.75, 3.05) is 24.7 Å². The van der Waals surface area contributed by atoms with Crippen molar-refractivity contribution in [3.63, 3.8) is 0 Å². The smallest absolute Gasteiger partial charge is 0.409 e. The molecule has 0 fully saturated rings. The fraction of sp³-hybridized carbons (Fsp3) is 0.240. The zero-order chi connectivity index (χ0) is 26.2. The average molecular weight is 576 g/mol. The number of hydrogen-bond acceptors (Lipinski definition) is 8. The molecule has 1 N–H and O–H groups in total. The van der Waals surface area contributed by atoms with Crippen LogP contribution in [0.15, 0.2) is 53.4 Å². The Morgan fingerprint density at radius 2 is 1.89 bits per heavy atom. The number of fused-ring (bicyclic) bond motifs is 2. The van der Waals surface area contributed by atoms with Crippen LogP contribution in [-0.4, -0.2) is 49.7 Å². The van der Waals surface area contributed by atoms with Crippen molar-refractivity contribution in [3.8, 4) is 10.6 Å². The summed E-state index contributed by atoms with van der Waals surface area (Å²) < 4.78 is 31.3. The van der Waals surface area contributed by atoms with Crippen LogP contribution in [0.4, 0.5) is 9.80 Å². The maximum atomic E-state index is 12.9. The predicted octanol–water partition coefficient (Wildman–Crippen LogP) is 5.61. The molecule has 2 aromatic heterocycles. The molecule has 0 aliphatic carbocycles. The van der Waals surface area contributed by atoms with E-state index in [0.717, 1.165) is 31.2 Å². The molecule has 0 radical (unpaired) electrons. The maximum absolute atomic E-state index is 12.9. The summed E-state index contributed by atoms with van der Waals surface area (Å²) in [7, 11) is -2.30. The average Bonchev–Trinajstić information content (AvgIpc) is 3.47. The molecule has 4 aromatic rings. The minimum atomic E-state index is -3.65. The third-order valence-corrected chi connectivity index (χ3v) is 10.2. The lowest BCUT2D eigenvalue weighted by molar-refractivity contribution is -0.115. The van der Waals surface area contributed by atoms with Gasteiger partial charge in [0.2, 0.25) is 5.91 Å². The lowest BCUT2D eigenvalue weighted by Crippen LogP contribution is -2.35. The number of anilines is 1. The van der Waals surface area contributed by atoms with Gasteiger partial charge in [0.15, 0.2) is 9.84 Å². The second-order valence-electron chi connectivity index (χ2n) is 8.41. The number of amides is 2. The van der Waals surface area contributed by atoms with Crippen LogP contribution in [0.25, 0.3) is 20.8 Å². The number of thiophene rings is 1. The molecule has 0 saturated heterocycles. The minimum Gasteiger partial charge on any atom is -0.453 e. The summed E-state index contributed by atoms with van der Waals surface area (Å²) in [6.45, 7) is 0.854. The molecule has 8 nitrogen and oxygen atoms in total. The highest BCUT2D eigenvalue weighted by atomic mass is 35.5. The van der Waals surface area contributed by atoms with Crippen LogP contribution in [-0.2, 0) is 32.3 Å². The summed E-state index contributed by atoms with van der Waals surface area (Å²) in [4.78, 5) is 32.5. The fourth-order valence-corrected chi connectivity index (χ4v) is 7.91. The fourth-order valence-electron chi connectivity index (χ4n) is 4.16. The molecule has 0 spiro atoms. The molecule has 1 aliphatic rings. The van der Waals surface area contributed by atoms with Crippen molar-refractivity contribution in [3.05, 3.63) is 64.0 Å². The van der Waals surface area contributed by atoms with E-state index in [-0.39, 0.29) is 17.1 Å². The zero-order valence-corrected chi connectivity index (χ0v) is 22.9. The van der Waals surface area contributed by atoms with E-state index in [9.17, 15) is 18.0 Å². The van der Waals surface area contributed by atoms with E-state index in [1.54, 1.807) is 4.90 Å².